The number of rotatable bonds is 13. The maximum atomic E-state index is 13.2. The monoisotopic (exact) mass is 2150 g/mol. The van der Waals surface area contributed by atoms with Gasteiger partial charge < -0.3 is 0 Å². The van der Waals surface area contributed by atoms with Crippen molar-refractivity contribution in [3.8, 4) is 45.6 Å². The van der Waals surface area contributed by atoms with Gasteiger partial charge in [0.15, 0.2) is 0 Å². The van der Waals surface area contributed by atoms with Crippen LogP contribution in [0, 0.1) is 89.7 Å². The first-order valence-electron chi connectivity index (χ1n) is 35.5. The van der Waals surface area contributed by atoms with E-state index in [0.717, 1.165) is 90.2 Å². The Bertz CT molecular complexity index is 5160. The predicted octanol–water partition coefficient (Wildman–Crippen LogP) is 28.3. The summed E-state index contributed by atoms with van der Waals surface area (Å²) in [5, 5.41) is 5.55. The minimum absolute atomic E-state index is 0. The second-order valence-corrected chi connectivity index (χ2v) is 36.5. The van der Waals surface area contributed by atoms with Crippen molar-refractivity contribution in [1.82, 2.24) is 39.9 Å². The molecule has 0 bridgehead atoms. The molecule has 677 valence electrons. The molecule has 41 heteroatoms. The molecule has 8 heterocycles. The number of hydrogen-bond acceptors (Lipinski definition) is 8. The van der Waals surface area contributed by atoms with Gasteiger partial charge in [-0.2, -0.15) is 0 Å². The smallest absolute Gasteiger partial charge is 0 e. The molecule has 0 fully saturated rings. The van der Waals surface area contributed by atoms with Crippen molar-refractivity contribution < 1.29 is 151 Å². The average molecular weight is 2150 g/mol. The summed E-state index contributed by atoms with van der Waals surface area (Å²) in [6, 6.07) is 70.0. The Morgan fingerprint density at radius 2 is 0.339 bits per heavy atom. The molecule has 0 unspecified atom stereocenters. The van der Waals surface area contributed by atoms with Gasteiger partial charge in [-0.1, -0.05) is 72.8 Å². The molecule has 6 aromatic carbocycles. The minimum Gasteiger partial charge on any atom is 0 e. The van der Waals surface area contributed by atoms with E-state index in [1.807, 2.05) is 110 Å². The van der Waals surface area contributed by atoms with Gasteiger partial charge in [-0.05, 0) is 316 Å². The van der Waals surface area contributed by atoms with Gasteiger partial charge in [0.25, 0.3) is 0 Å². The van der Waals surface area contributed by atoms with E-state index in [-0.39, 0.29) is 74.8 Å². The minimum atomic E-state index is -10.7. The molecule has 0 aliphatic carbocycles. The third-order valence-electron chi connectivity index (χ3n) is 15.4. The SMILES string of the molecule is Cc1ccnc(-c2cc(C)ccn2)c1.Cc1ccnc(-c2cc(C)ccn2)c1.Cc1ccnc(-c2cc(CCc3ccnc(-c4cc(C)ccn4)c3)ccn2)c1.F[P-](F)(F)(F)(F)F.F[P-](F)(F)(F)(F)F.F[P-](F)(F)(F)(F)F.Fc1ccc(P(c2ccc(F)cc2)c2ccc(F)cc2)cc1.Fc1ccc(P(c2ccc(F)cc2)c2ccc(F)cc2)cc1.[C-]#[O+].[C-]#[O+].[Re].[Ru]. The first-order valence-corrected chi connectivity index (χ1v) is 44.3. The van der Waals surface area contributed by atoms with Crippen LogP contribution in [-0.2, 0) is 62.0 Å². The Morgan fingerprint density at radius 1 is 0.220 bits per heavy atom. The molecule has 14 rings (SSSR count). The third kappa shape index (κ3) is 49.0. The fourth-order valence-electron chi connectivity index (χ4n) is 10.3. The Balaban J connectivity index is 0.000000388. The van der Waals surface area contributed by atoms with Gasteiger partial charge in [0.1, 0.15) is 34.9 Å². The standard InChI is InChI=1S/C24H22N4.2C18H12F3P.2C12H12N2.2CO.3F6P.Re.Ru/c1-17-5-9-25-21(13-17)23-15-19(7-11-27-23)3-4-20-8-12-28-24(16-20)22-14-18(2)6-10-26-22;2*19-13-1-7-16(8-2-13)22(17-9-3-14(20)4-10-17)18-11-5-15(21)6-12-18;2*1-9-3-5-13-11(7-9)12-8-10(2)4-6-14-12;2*1-2;3*1-7(2,3,4,5)6;;/h5-16H,3-4H2,1-2H3;2*1-12H;2*3-8H,1-2H3;;;;;;;/q;;;;;;;3*-1;;. The summed E-state index contributed by atoms with van der Waals surface area (Å²) < 4.78 is 272. The number of benzene rings is 6. The van der Waals surface area contributed by atoms with Crippen LogP contribution in [-0.4, -0.2) is 39.9 Å². The molecule has 0 aliphatic heterocycles. The van der Waals surface area contributed by atoms with Crippen molar-refractivity contribution in [2.75, 3.05) is 0 Å². The molecule has 10 nitrogen and oxygen atoms in total. The van der Waals surface area contributed by atoms with E-state index in [1.54, 1.807) is 72.8 Å². The Kier molecular flexibility index (Phi) is 39.9. The van der Waals surface area contributed by atoms with Crippen molar-refractivity contribution in [1.29, 1.82) is 0 Å². The zero-order chi connectivity index (χ0) is 93.6. The van der Waals surface area contributed by atoms with Crippen molar-refractivity contribution in [2.24, 2.45) is 0 Å². The Labute approximate surface area is 742 Å². The fraction of sp³-hybridized carbons (Fsp3) is 0.0930. The van der Waals surface area contributed by atoms with E-state index >= 15 is 0 Å². The third-order valence-corrected chi connectivity index (χ3v) is 20.3. The Morgan fingerprint density at radius 3 is 0.465 bits per heavy atom. The van der Waals surface area contributed by atoms with Crippen molar-refractivity contribution >= 4 is 71.1 Å². The molecule has 8 aromatic heterocycles. The normalized spacial score (nSPS) is 12.3. The van der Waals surface area contributed by atoms with Gasteiger partial charge in [-0.25, -0.2) is 26.3 Å². The van der Waals surface area contributed by atoms with Crippen LogP contribution >= 0.6 is 39.3 Å². The molecular formula is C86H70F24N8O2P5ReRu-3. The summed E-state index contributed by atoms with van der Waals surface area (Å²) in [7, 11) is -33.9. The van der Waals surface area contributed by atoms with Gasteiger partial charge in [0.2, 0.25) is 0 Å². The summed E-state index contributed by atoms with van der Waals surface area (Å²) in [4.78, 5) is 35.0. The first-order chi connectivity index (χ1) is 57.8. The zero-order valence-electron chi connectivity index (χ0n) is 66.6. The van der Waals surface area contributed by atoms with E-state index in [4.69, 9.17) is 9.30 Å². The first kappa shape index (κ1) is 111. The van der Waals surface area contributed by atoms with Crippen LogP contribution in [0.25, 0.3) is 45.6 Å². The van der Waals surface area contributed by atoms with Crippen molar-refractivity contribution in [2.45, 2.75) is 54.4 Å². The predicted molar refractivity (Wildman–Crippen MR) is 444 cm³/mol. The van der Waals surface area contributed by atoms with Gasteiger partial charge in [-0.3, -0.25) is 39.9 Å². The maximum Gasteiger partial charge on any atom is 0 e. The molecule has 0 saturated carbocycles. The summed E-state index contributed by atoms with van der Waals surface area (Å²) in [6.07, 6.45) is 16.5. The largest absolute Gasteiger partial charge is 0 e. The fourth-order valence-corrected chi connectivity index (χ4v) is 14.8. The maximum absolute atomic E-state index is 13.2. The second kappa shape index (κ2) is 45.6. The van der Waals surface area contributed by atoms with Crippen LogP contribution in [0.15, 0.2) is 292 Å². The van der Waals surface area contributed by atoms with E-state index in [1.165, 1.54) is 117 Å². The molecule has 14 aromatic rings. The average Bonchev–Trinajstić information content (AvgIpc) is 0.799. The molecule has 0 amide bonds. The summed E-state index contributed by atoms with van der Waals surface area (Å²) in [6.45, 7) is 21.4. The number of aryl methyl sites for hydroxylation is 8. The molecule has 0 N–H and O–H groups in total. The van der Waals surface area contributed by atoms with Crippen LogP contribution in [0.2, 0.25) is 0 Å². The number of halogens is 24. The number of pyridine rings is 8. The van der Waals surface area contributed by atoms with Crippen molar-refractivity contribution in [3.63, 3.8) is 0 Å². The molecular weight excluding hydrogens is 2080 g/mol. The van der Waals surface area contributed by atoms with Gasteiger partial charge in [-0.15, -0.1) is 0 Å². The zero-order valence-corrected chi connectivity index (χ0v) is 75.5. The summed E-state index contributed by atoms with van der Waals surface area (Å²) >= 11 is 0. The van der Waals surface area contributed by atoms with Crippen LogP contribution in [0.1, 0.15) is 44.5 Å². The van der Waals surface area contributed by atoms with Crippen LogP contribution in [0.5, 0.6) is 0 Å². The molecule has 0 aliphatic rings. The van der Waals surface area contributed by atoms with E-state index in [2.05, 4.69) is 131 Å². The van der Waals surface area contributed by atoms with Gasteiger partial charge in [0.05, 0.1) is 45.6 Å². The summed E-state index contributed by atoms with van der Waals surface area (Å²) in [5.41, 5.74) is 17.1. The van der Waals surface area contributed by atoms with Crippen LogP contribution in [0.4, 0.5) is 102 Å². The molecule has 1 radical (unpaired) electrons. The quantitative estimate of drug-likeness (QED) is 0.0365. The number of nitrogens with zero attached hydrogens (tertiary/aromatic N) is 8. The van der Waals surface area contributed by atoms with Gasteiger partial charge in [0, 0.05) is 89.5 Å². The van der Waals surface area contributed by atoms with Crippen LogP contribution in [0.3, 0.4) is 0 Å². The van der Waals surface area contributed by atoms with Gasteiger partial charge >= 0.3 is 122 Å². The summed E-state index contributed by atoms with van der Waals surface area (Å²) in [5.74, 6) is -1.85. The topological polar surface area (TPSA) is 143 Å². The van der Waals surface area contributed by atoms with E-state index < -0.39 is 39.3 Å². The van der Waals surface area contributed by atoms with Crippen LogP contribution < -0.4 is 31.8 Å². The molecule has 0 atom stereocenters. The molecule has 0 spiro atoms. The van der Waals surface area contributed by atoms with E-state index in [0.29, 0.717) is 0 Å². The van der Waals surface area contributed by atoms with Crippen molar-refractivity contribution in [3.05, 3.63) is 385 Å². The van der Waals surface area contributed by atoms with E-state index in [9.17, 15) is 102 Å². The molecule has 0 saturated heterocycles. The number of hydrogen-bond donors (Lipinski definition) is 0. The Hall–Kier alpha value is -10.2. The number of aromatic nitrogens is 8. The second-order valence-electron chi connectivity index (χ2n) is 26.3. The molecule has 127 heavy (non-hydrogen) atoms.